The van der Waals surface area contributed by atoms with E-state index in [4.69, 9.17) is 10.8 Å². The molecule has 0 atom stereocenters. The Labute approximate surface area is 133 Å². The highest BCUT2D eigenvalue weighted by molar-refractivity contribution is 5.84. The van der Waals surface area contributed by atoms with Crippen molar-refractivity contribution in [3.05, 3.63) is 60.4 Å². The quantitative estimate of drug-likeness (QED) is 0.393. The number of phenols is 2. The van der Waals surface area contributed by atoms with Crippen LogP contribution in [0.3, 0.4) is 0 Å². The van der Waals surface area contributed by atoms with Crippen LogP contribution in [0.15, 0.2) is 54.9 Å². The summed E-state index contributed by atoms with van der Waals surface area (Å²) in [7, 11) is 0. The maximum Gasteiger partial charge on any atom is 0.116 e. The van der Waals surface area contributed by atoms with Gasteiger partial charge in [-0.15, -0.1) is 0 Å². The number of rotatable bonds is 2. The predicted octanol–water partition coefficient (Wildman–Crippen LogP) is 3.25. The number of nitrogens with one attached hydrogen (secondary N) is 2. The van der Waals surface area contributed by atoms with Gasteiger partial charge in [0.1, 0.15) is 11.5 Å². The highest BCUT2D eigenvalue weighted by Gasteiger charge is 2.02. The highest BCUT2D eigenvalue weighted by Crippen LogP contribution is 2.22. The van der Waals surface area contributed by atoms with Crippen molar-refractivity contribution in [1.29, 1.82) is 0 Å². The van der Waals surface area contributed by atoms with Gasteiger partial charge in [0.25, 0.3) is 0 Å². The minimum atomic E-state index is 0.297. The Bertz CT molecular complexity index is 924. The molecule has 2 aromatic heterocycles. The summed E-state index contributed by atoms with van der Waals surface area (Å²) in [5.74, 6) is 0.609. The number of aromatic hydroxyl groups is 2. The zero-order valence-corrected chi connectivity index (χ0v) is 12.6. The lowest BCUT2D eigenvalue weighted by molar-refractivity contribution is 0.475. The summed E-state index contributed by atoms with van der Waals surface area (Å²) in [4.78, 5) is 6.17. The first-order valence-electron chi connectivity index (χ1n) is 7.42. The fraction of sp³-hybridized carbons (Fsp3) is 0.111. The molecule has 0 saturated carbocycles. The molecule has 0 aliphatic rings. The lowest BCUT2D eigenvalue weighted by Crippen LogP contribution is -2.01. The first-order valence-corrected chi connectivity index (χ1v) is 7.42. The zero-order chi connectivity index (χ0) is 16.2. The molecule has 0 saturated heterocycles. The largest absolute Gasteiger partial charge is 0.508 e. The molecule has 0 radical (unpaired) electrons. The second-order valence-corrected chi connectivity index (χ2v) is 5.33. The van der Waals surface area contributed by atoms with Gasteiger partial charge < -0.3 is 25.9 Å². The highest BCUT2D eigenvalue weighted by atomic mass is 16.3. The summed E-state index contributed by atoms with van der Waals surface area (Å²) in [5.41, 5.74) is 8.73. The van der Waals surface area contributed by atoms with Gasteiger partial charge in [-0.2, -0.15) is 0 Å². The Balaban J connectivity index is 0.000000140. The van der Waals surface area contributed by atoms with Gasteiger partial charge in [-0.05, 0) is 61.0 Å². The summed E-state index contributed by atoms with van der Waals surface area (Å²) in [6.45, 7) is 0.628. The third-order valence-corrected chi connectivity index (χ3v) is 3.70. The van der Waals surface area contributed by atoms with Gasteiger partial charge in [0.2, 0.25) is 0 Å². The van der Waals surface area contributed by atoms with Gasteiger partial charge in [-0.25, -0.2) is 0 Å². The van der Waals surface area contributed by atoms with Crippen LogP contribution in [-0.2, 0) is 6.42 Å². The maximum absolute atomic E-state index is 9.30. The van der Waals surface area contributed by atoms with Crippen molar-refractivity contribution in [3.8, 4) is 11.5 Å². The Morgan fingerprint density at radius 3 is 2.39 bits per heavy atom. The average Bonchev–Trinajstić information content (AvgIpc) is 3.15. The van der Waals surface area contributed by atoms with E-state index in [-0.39, 0.29) is 0 Å². The van der Waals surface area contributed by atoms with Crippen molar-refractivity contribution >= 4 is 21.8 Å². The molecule has 4 rings (SSSR count). The van der Waals surface area contributed by atoms with Crippen LogP contribution in [0.1, 0.15) is 5.56 Å². The average molecular weight is 309 g/mol. The number of nitrogens with two attached hydrogens (primary N) is 1. The minimum Gasteiger partial charge on any atom is -0.508 e. The zero-order valence-electron chi connectivity index (χ0n) is 12.6. The van der Waals surface area contributed by atoms with E-state index in [0.29, 0.717) is 18.0 Å². The Hall–Kier alpha value is -2.92. The molecular weight excluding hydrogens is 290 g/mol. The standard InChI is InChI=1S/C10H12N2O.C8H7NO/c11-4-3-7-6-12-10-2-1-8(13)5-9(7)10;10-7-1-2-8-6(5-7)3-4-9-8/h1-2,5-6,12-13H,3-4,11H2;1-5,9-10H. The lowest BCUT2D eigenvalue weighted by atomic mass is 10.1. The number of aromatic amines is 2. The van der Waals surface area contributed by atoms with Gasteiger partial charge in [0.05, 0.1) is 0 Å². The molecule has 0 aliphatic heterocycles. The molecule has 5 heteroatoms. The molecule has 0 bridgehead atoms. The van der Waals surface area contributed by atoms with Gasteiger partial charge >= 0.3 is 0 Å². The predicted molar refractivity (Wildman–Crippen MR) is 92.7 cm³/mol. The molecule has 5 nitrogen and oxygen atoms in total. The number of hydrogen-bond acceptors (Lipinski definition) is 3. The summed E-state index contributed by atoms with van der Waals surface area (Å²) in [5, 5.41) is 20.4. The lowest BCUT2D eigenvalue weighted by Gasteiger charge is -1.96. The first kappa shape index (κ1) is 15.0. The fourth-order valence-corrected chi connectivity index (χ4v) is 2.57. The van der Waals surface area contributed by atoms with Crippen molar-refractivity contribution < 1.29 is 10.2 Å². The summed E-state index contributed by atoms with van der Waals surface area (Å²) in [6.07, 6.45) is 4.63. The number of hydrogen-bond donors (Lipinski definition) is 5. The topological polar surface area (TPSA) is 98.1 Å². The molecule has 6 N–H and O–H groups in total. The molecule has 0 amide bonds. The van der Waals surface area contributed by atoms with Crippen molar-refractivity contribution in [2.75, 3.05) is 6.54 Å². The second kappa shape index (κ2) is 6.46. The SMILES string of the molecule is NCCc1c[nH]c2ccc(O)cc12.Oc1ccc2[nH]ccc2c1. The van der Waals surface area contributed by atoms with Crippen molar-refractivity contribution in [1.82, 2.24) is 9.97 Å². The summed E-state index contributed by atoms with van der Waals surface area (Å²) in [6, 6.07) is 12.5. The smallest absolute Gasteiger partial charge is 0.116 e. The first-order chi connectivity index (χ1) is 11.2. The number of fused-ring (bicyclic) bond motifs is 2. The molecule has 0 spiro atoms. The van der Waals surface area contributed by atoms with E-state index in [0.717, 1.165) is 33.8 Å². The van der Waals surface area contributed by atoms with E-state index in [9.17, 15) is 5.11 Å². The van der Waals surface area contributed by atoms with Gasteiger partial charge in [0, 0.05) is 34.2 Å². The Morgan fingerprint density at radius 2 is 1.61 bits per heavy atom. The van der Waals surface area contributed by atoms with Gasteiger partial charge in [-0.1, -0.05) is 0 Å². The molecule has 0 aliphatic carbocycles. The van der Waals surface area contributed by atoms with Crippen LogP contribution in [0, 0.1) is 0 Å². The van der Waals surface area contributed by atoms with Crippen LogP contribution in [0.4, 0.5) is 0 Å². The van der Waals surface area contributed by atoms with E-state index in [1.165, 1.54) is 0 Å². The van der Waals surface area contributed by atoms with Crippen LogP contribution in [-0.4, -0.2) is 26.7 Å². The number of benzene rings is 2. The molecule has 4 aromatic rings. The van der Waals surface area contributed by atoms with Gasteiger partial charge in [-0.3, -0.25) is 0 Å². The van der Waals surface area contributed by atoms with E-state index in [1.807, 2.05) is 30.6 Å². The number of H-pyrrole nitrogens is 2. The summed E-state index contributed by atoms with van der Waals surface area (Å²) < 4.78 is 0. The van der Waals surface area contributed by atoms with Gasteiger partial charge in [0.15, 0.2) is 0 Å². The van der Waals surface area contributed by atoms with Crippen LogP contribution >= 0.6 is 0 Å². The Kier molecular flexibility index (Phi) is 4.21. The fourth-order valence-electron chi connectivity index (χ4n) is 2.57. The van der Waals surface area contributed by atoms with E-state index < -0.39 is 0 Å². The van der Waals surface area contributed by atoms with Crippen molar-refractivity contribution in [2.24, 2.45) is 5.73 Å². The minimum absolute atomic E-state index is 0.297. The van der Waals surface area contributed by atoms with E-state index >= 15 is 0 Å². The molecule has 0 unspecified atom stereocenters. The van der Waals surface area contributed by atoms with Crippen LogP contribution in [0.2, 0.25) is 0 Å². The third-order valence-electron chi connectivity index (χ3n) is 3.70. The summed E-state index contributed by atoms with van der Waals surface area (Å²) >= 11 is 0. The molecule has 118 valence electrons. The maximum atomic E-state index is 9.30. The molecule has 23 heavy (non-hydrogen) atoms. The molecular formula is C18H19N3O2. The van der Waals surface area contributed by atoms with Crippen LogP contribution in [0.25, 0.3) is 21.8 Å². The van der Waals surface area contributed by atoms with Crippen molar-refractivity contribution in [3.63, 3.8) is 0 Å². The molecule has 0 fully saturated rings. The number of phenolic OH excluding ortho intramolecular Hbond substituents is 2. The number of aromatic nitrogens is 2. The van der Waals surface area contributed by atoms with Crippen LogP contribution in [0.5, 0.6) is 11.5 Å². The van der Waals surface area contributed by atoms with E-state index in [1.54, 1.807) is 24.3 Å². The molecule has 2 heterocycles. The third kappa shape index (κ3) is 3.30. The monoisotopic (exact) mass is 309 g/mol. The second-order valence-electron chi connectivity index (χ2n) is 5.33. The molecule has 2 aromatic carbocycles. The van der Waals surface area contributed by atoms with E-state index in [2.05, 4.69) is 9.97 Å². The normalized spacial score (nSPS) is 10.7. The van der Waals surface area contributed by atoms with Crippen LogP contribution < -0.4 is 5.73 Å². The Morgan fingerprint density at radius 1 is 0.870 bits per heavy atom. The van der Waals surface area contributed by atoms with Crippen molar-refractivity contribution in [2.45, 2.75) is 6.42 Å².